The Morgan fingerprint density at radius 1 is 0.275 bits per heavy atom. The van der Waals surface area contributed by atoms with E-state index in [4.69, 9.17) is 0 Å². The van der Waals surface area contributed by atoms with Crippen molar-refractivity contribution in [2.24, 2.45) is 0 Å². The van der Waals surface area contributed by atoms with Crippen LogP contribution < -0.4 is 0 Å². The van der Waals surface area contributed by atoms with Gasteiger partial charge in [0.1, 0.15) is 0 Å². The summed E-state index contributed by atoms with van der Waals surface area (Å²) >= 11 is 0. The molecule has 0 N–H and O–H groups in total. The normalized spacial score (nSPS) is 11.5. The summed E-state index contributed by atoms with van der Waals surface area (Å²) in [7, 11) is 0. The second-order valence-electron chi connectivity index (χ2n) is 10.4. The van der Waals surface area contributed by atoms with Gasteiger partial charge in [0.2, 0.25) is 0 Å². The van der Waals surface area contributed by atoms with Crippen LogP contribution in [0.15, 0.2) is 158 Å². The van der Waals surface area contributed by atoms with Crippen LogP contribution in [0.25, 0.3) is 76.5 Å². The Kier molecular flexibility index (Phi) is 5.24. The molecular formula is C40H26. The third-order valence-corrected chi connectivity index (χ3v) is 8.23. The fraction of sp³-hybridized carbons (Fsp3) is 0. The Morgan fingerprint density at radius 3 is 1.35 bits per heavy atom. The fourth-order valence-corrected chi connectivity index (χ4v) is 6.56. The minimum Gasteiger partial charge on any atom is -0.0622 e. The molecule has 186 valence electrons. The lowest BCUT2D eigenvalue weighted by molar-refractivity contribution is 1.65. The van der Waals surface area contributed by atoms with Gasteiger partial charge in [0.05, 0.1) is 0 Å². The molecule has 0 aromatic heterocycles. The lowest BCUT2D eigenvalue weighted by Crippen LogP contribution is -1.92. The Bertz CT molecular complexity index is 2130. The molecule has 40 heavy (non-hydrogen) atoms. The van der Waals surface area contributed by atoms with E-state index in [1.165, 1.54) is 76.5 Å². The average Bonchev–Trinajstić information content (AvgIpc) is 3.04. The topological polar surface area (TPSA) is 0 Å². The molecule has 0 aliphatic carbocycles. The van der Waals surface area contributed by atoms with Gasteiger partial charge in [-0.05, 0) is 82.5 Å². The molecule has 8 rings (SSSR count). The summed E-state index contributed by atoms with van der Waals surface area (Å²) in [6.07, 6.45) is 0. The highest BCUT2D eigenvalue weighted by Gasteiger charge is 2.19. The van der Waals surface area contributed by atoms with Crippen molar-refractivity contribution in [2.45, 2.75) is 0 Å². The van der Waals surface area contributed by atoms with E-state index >= 15 is 0 Å². The summed E-state index contributed by atoms with van der Waals surface area (Å²) in [4.78, 5) is 0. The predicted octanol–water partition coefficient (Wildman–Crippen LogP) is 11.3. The molecule has 0 aliphatic rings. The largest absolute Gasteiger partial charge is 0.0622 e. The standard InChI is InChI=1S/C40H26/c1-3-14-27(15-4-1)30-25-13-18-29-26-37(31-19-7-8-20-32(31)39(29)30)40-35-23-11-9-21-33(35)38(28-16-5-2-6-17-28)34-22-10-12-24-36(34)40/h1-26H. The van der Waals surface area contributed by atoms with Crippen LogP contribution in [0, 0.1) is 0 Å². The third-order valence-electron chi connectivity index (χ3n) is 8.23. The van der Waals surface area contributed by atoms with Gasteiger partial charge in [0.25, 0.3) is 0 Å². The van der Waals surface area contributed by atoms with Gasteiger partial charge in [-0.3, -0.25) is 0 Å². The SMILES string of the molecule is c1ccc(-c2c3ccccc3c(-c3cc4cccc(-c5ccccc5)c4c4ccccc34)c3ccccc23)cc1. The maximum atomic E-state index is 2.42. The second-order valence-corrected chi connectivity index (χ2v) is 10.4. The second kappa shape index (κ2) is 9.22. The van der Waals surface area contributed by atoms with Crippen molar-refractivity contribution in [3.63, 3.8) is 0 Å². The van der Waals surface area contributed by atoms with Crippen LogP contribution in [-0.2, 0) is 0 Å². The molecule has 0 aliphatic heterocycles. The summed E-state index contributed by atoms with van der Waals surface area (Å²) in [6, 6.07) is 57.4. The lowest BCUT2D eigenvalue weighted by atomic mass is 9.83. The average molecular weight is 507 g/mol. The fourth-order valence-electron chi connectivity index (χ4n) is 6.56. The summed E-state index contributed by atoms with van der Waals surface area (Å²) < 4.78 is 0. The van der Waals surface area contributed by atoms with Gasteiger partial charge in [-0.25, -0.2) is 0 Å². The van der Waals surface area contributed by atoms with Crippen LogP contribution >= 0.6 is 0 Å². The molecule has 0 saturated heterocycles. The predicted molar refractivity (Wildman–Crippen MR) is 173 cm³/mol. The monoisotopic (exact) mass is 506 g/mol. The van der Waals surface area contributed by atoms with Gasteiger partial charge >= 0.3 is 0 Å². The van der Waals surface area contributed by atoms with Crippen molar-refractivity contribution in [3.8, 4) is 33.4 Å². The van der Waals surface area contributed by atoms with Crippen LogP contribution in [0.3, 0.4) is 0 Å². The number of hydrogen-bond donors (Lipinski definition) is 0. The lowest BCUT2D eigenvalue weighted by Gasteiger charge is -2.20. The molecule has 0 bridgehead atoms. The first-order valence-electron chi connectivity index (χ1n) is 13.9. The molecule has 8 aromatic carbocycles. The zero-order valence-corrected chi connectivity index (χ0v) is 22.0. The molecule has 0 heteroatoms. The number of hydrogen-bond acceptors (Lipinski definition) is 0. The van der Waals surface area contributed by atoms with Crippen LogP contribution in [0.1, 0.15) is 0 Å². The van der Waals surface area contributed by atoms with Crippen molar-refractivity contribution in [2.75, 3.05) is 0 Å². The van der Waals surface area contributed by atoms with Crippen molar-refractivity contribution in [3.05, 3.63) is 158 Å². The molecule has 0 fully saturated rings. The van der Waals surface area contributed by atoms with E-state index in [2.05, 4.69) is 158 Å². The third kappa shape index (κ3) is 3.47. The molecule has 0 saturated carbocycles. The summed E-state index contributed by atoms with van der Waals surface area (Å²) in [5.41, 5.74) is 7.64. The van der Waals surface area contributed by atoms with Crippen LogP contribution in [0.2, 0.25) is 0 Å². The highest BCUT2D eigenvalue weighted by atomic mass is 14.2. The van der Waals surface area contributed by atoms with Gasteiger partial charge in [0, 0.05) is 0 Å². The van der Waals surface area contributed by atoms with Gasteiger partial charge < -0.3 is 0 Å². The minimum absolute atomic E-state index is 1.24. The van der Waals surface area contributed by atoms with E-state index in [1.54, 1.807) is 0 Å². The number of rotatable bonds is 3. The van der Waals surface area contributed by atoms with Crippen LogP contribution in [0.5, 0.6) is 0 Å². The van der Waals surface area contributed by atoms with E-state index < -0.39 is 0 Å². The molecular weight excluding hydrogens is 480 g/mol. The minimum atomic E-state index is 1.24. The highest BCUT2D eigenvalue weighted by Crippen LogP contribution is 2.47. The molecule has 0 radical (unpaired) electrons. The molecule has 0 heterocycles. The quantitative estimate of drug-likeness (QED) is 0.165. The first kappa shape index (κ1) is 22.8. The Balaban J connectivity index is 1.55. The summed E-state index contributed by atoms with van der Waals surface area (Å²) in [5, 5.41) is 10.3. The molecule has 0 unspecified atom stereocenters. The molecule has 0 amide bonds. The van der Waals surface area contributed by atoms with Gasteiger partial charge in [-0.2, -0.15) is 0 Å². The molecule has 8 aromatic rings. The first-order chi connectivity index (χ1) is 19.9. The Labute approximate surface area is 233 Å². The van der Waals surface area contributed by atoms with E-state index in [1.807, 2.05) is 0 Å². The maximum absolute atomic E-state index is 2.42. The zero-order valence-electron chi connectivity index (χ0n) is 22.0. The van der Waals surface area contributed by atoms with Gasteiger partial charge in [-0.1, -0.05) is 152 Å². The van der Waals surface area contributed by atoms with Crippen LogP contribution in [0.4, 0.5) is 0 Å². The Morgan fingerprint density at radius 2 is 0.750 bits per heavy atom. The summed E-state index contributed by atoms with van der Waals surface area (Å²) in [6.45, 7) is 0. The smallest absolute Gasteiger partial charge is 0.00199 e. The van der Waals surface area contributed by atoms with Crippen molar-refractivity contribution >= 4 is 43.1 Å². The van der Waals surface area contributed by atoms with Crippen molar-refractivity contribution in [1.29, 1.82) is 0 Å². The maximum Gasteiger partial charge on any atom is -0.00199 e. The van der Waals surface area contributed by atoms with E-state index in [0.717, 1.165) is 0 Å². The zero-order chi connectivity index (χ0) is 26.5. The highest BCUT2D eigenvalue weighted by molar-refractivity contribution is 6.26. The van der Waals surface area contributed by atoms with Crippen molar-refractivity contribution < 1.29 is 0 Å². The van der Waals surface area contributed by atoms with E-state index in [9.17, 15) is 0 Å². The summed E-state index contributed by atoms with van der Waals surface area (Å²) in [5.74, 6) is 0. The van der Waals surface area contributed by atoms with E-state index in [-0.39, 0.29) is 0 Å². The van der Waals surface area contributed by atoms with Gasteiger partial charge in [-0.15, -0.1) is 0 Å². The Hall–Kier alpha value is -5.20. The van der Waals surface area contributed by atoms with Crippen LogP contribution in [-0.4, -0.2) is 0 Å². The molecule has 0 nitrogen and oxygen atoms in total. The number of fused-ring (bicyclic) bond motifs is 5. The van der Waals surface area contributed by atoms with Gasteiger partial charge in [0.15, 0.2) is 0 Å². The number of benzene rings is 8. The molecule has 0 atom stereocenters. The van der Waals surface area contributed by atoms with E-state index in [0.29, 0.717) is 0 Å². The molecule has 0 spiro atoms. The first-order valence-corrected chi connectivity index (χ1v) is 13.9. The van der Waals surface area contributed by atoms with Crippen molar-refractivity contribution in [1.82, 2.24) is 0 Å².